The minimum Gasteiger partial charge on any atom is -0.493 e. The highest BCUT2D eigenvalue weighted by molar-refractivity contribution is 7.99. The van der Waals surface area contributed by atoms with Crippen LogP contribution in [0.4, 0.5) is 0 Å². The summed E-state index contributed by atoms with van der Waals surface area (Å²) in [6.45, 7) is 6.42. The van der Waals surface area contributed by atoms with Gasteiger partial charge in [-0.15, -0.1) is 11.3 Å². The largest absolute Gasteiger partial charge is 0.493 e. The molecule has 0 aliphatic carbocycles. The summed E-state index contributed by atoms with van der Waals surface area (Å²) < 4.78 is 14.2. The molecule has 1 amide bonds. The summed E-state index contributed by atoms with van der Waals surface area (Å²) in [6, 6.07) is 13.8. The van der Waals surface area contributed by atoms with Crippen LogP contribution in [0.2, 0.25) is 0 Å². The van der Waals surface area contributed by atoms with Crippen molar-refractivity contribution in [1.29, 1.82) is 0 Å². The minimum atomic E-state index is -0.0631. The maximum atomic E-state index is 13.8. The van der Waals surface area contributed by atoms with Gasteiger partial charge in [0.1, 0.15) is 4.70 Å². The van der Waals surface area contributed by atoms with E-state index in [1.54, 1.807) is 18.8 Å². The monoisotopic (exact) mass is 551 g/mol. The van der Waals surface area contributed by atoms with Crippen LogP contribution >= 0.6 is 23.1 Å². The number of amides is 1. The standard InChI is InChI=1S/C29H33N3O4S2/c1-18-13-19(2)16-31(15-18)25(33)17-37-29-30-26-21-7-5-6-8-24(21)38-27(26)28(34)32(29)12-11-20-9-10-22(35-3)23(14-20)36-4/h5-10,14,18-19H,11-13,15-17H2,1-4H3/t18-,19-/m0/s1. The average molecular weight is 552 g/mol. The van der Waals surface area contributed by atoms with Gasteiger partial charge in [-0.25, -0.2) is 4.98 Å². The number of fused-ring (bicyclic) bond motifs is 3. The van der Waals surface area contributed by atoms with Crippen LogP contribution in [0, 0.1) is 11.8 Å². The van der Waals surface area contributed by atoms with Gasteiger partial charge in [-0.2, -0.15) is 0 Å². The molecule has 1 aliphatic heterocycles. The summed E-state index contributed by atoms with van der Waals surface area (Å²) in [4.78, 5) is 33.9. The molecule has 7 nitrogen and oxygen atoms in total. The normalized spacial score (nSPS) is 17.7. The number of thiophene rings is 1. The van der Waals surface area contributed by atoms with E-state index in [9.17, 15) is 9.59 Å². The van der Waals surface area contributed by atoms with Gasteiger partial charge < -0.3 is 14.4 Å². The lowest BCUT2D eigenvalue weighted by Gasteiger charge is -2.35. The van der Waals surface area contributed by atoms with Crippen LogP contribution in [0.1, 0.15) is 25.8 Å². The molecule has 0 unspecified atom stereocenters. The number of thioether (sulfide) groups is 1. The molecule has 0 saturated carbocycles. The lowest BCUT2D eigenvalue weighted by molar-refractivity contribution is -0.130. The Labute approximate surface area is 230 Å². The minimum absolute atomic E-state index is 0.0631. The Morgan fingerprint density at radius 3 is 2.55 bits per heavy atom. The molecule has 4 aromatic rings. The Hall–Kier alpha value is -3.04. The predicted octanol–water partition coefficient (Wildman–Crippen LogP) is 5.47. The second-order valence-electron chi connectivity index (χ2n) is 10.1. The molecular weight excluding hydrogens is 518 g/mol. The molecule has 9 heteroatoms. The van der Waals surface area contributed by atoms with Crippen molar-refractivity contribution in [1.82, 2.24) is 14.5 Å². The molecule has 200 valence electrons. The topological polar surface area (TPSA) is 73.7 Å². The molecule has 0 bridgehead atoms. The molecule has 5 rings (SSSR count). The van der Waals surface area contributed by atoms with Crippen molar-refractivity contribution in [3.63, 3.8) is 0 Å². The molecule has 2 aromatic carbocycles. The zero-order chi connectivity index (χ0) is 26.8. The van der Waals surface area contributed by atoms with Gasteiger partial charge in [0.2, 0.25) is 5.91 Å². The zero-order valence-corrected chi connectivity index (χ0v) is 23.9. The van der Waals surface area contributed by atoms with E-state index in [2.05, 4.69) is 13.8 Å². The van der Waals surface area contributed by atoms with Gasteiger partial charge in [0.05, 0.1) is 25.5 Å². The van der Waals surface area contributed by atoms with Crippen molar-refractivity contribution in [3.8, 4) is 11.5 Å². The maximum absolute atomic E-state index is 13.8. The third-order valence-electron chi connectivity index (χ3n) is 7.07. The van der Waals surface area contributed by atoms with Crippen LogP contribution in [0.15, 0.2) is 52.4 Å². The number of rotatable bonds is 8. The van der Waals surface area contributed by atoms with E-state index in [0.717, 1.165) is 35.2 Å². The first-order chi connectivity index (χ1) is 18.4. The van der Waals surface area contributed by atoms with Gasteiger partial charge in [-0.1, -0.05) is 49.9 Å². The number of ether oxygens (including phenoxy) is 2. The number of likely N-dealkylation sites (tertiary alicyclic amines) is 1. The molecule has 1 fully saturated rings. The van der Waals surface area contributed by atoms with E-state index in [-0.39, 0.29) is 17.2 Å². The van der Waals surface area contributed by atoms with Crippen molar-refractivity contribution in [2.24, 2.45) is 11.8 Å². The summed E-state index contributed by atoms with van der Waals surface area (Å²) in [5, 5.41) is 1.56. The number of carbonyl (C=O) groups is 1. The second-order valence-corrected chi connectivity index (χ2v) is 12.1. The van der Waals surface area contributed by atoms with Crippen LogP contribution in [-0.4, -0.2) is 53.4 Å². The predicted molar refractivity (Wildman–Crippen MR) is 155 cm³/mol. The number of piperidine rings is 1. The highest BCUT2D eigenvalue weighted by atomic mass is 32.2. The first kappa shape index (κ1) is 26.6. The number of carbonyl (C=O) groups excluding carboxylic acids is 1. The Morgan fingerprint density at radius 2 is 1.82 bits per heavy atom. The Bertz CT molecular complexity index is 1520. The van der Waals surface area contributed by atoms with Crippen LogP contribution in [0.25, 0.3) is 20.3 Å². The molecule has 2 aromatic heterocycles. The highest BCUT2D eigenvalue weighted by Crippen LogP contribution is 2.33. The smallest absolute Gasteiger partial charge is 0.272 e. The van der Waals surface area contributed by atoms with E-state index in [0.29, 0.717) is 51.7 Å². The SMILES string of the molecule is COc1ccc(CCn2c(SCC(=O)N3C[C@@H](C)C[C@H](C)C3)nc3c(sc4ccccc43)c2=O)cc1OC. The van der Waals surface area contributed by atoms with E-state index in [4.69, 9.17) is 14.5 Å². The van der Waals surface area contributed by atoms with E-state index < -0.39 is 0 Å². The number of hydrogen-bond acceptors (Lipinski definition) is 7. The fraction of sp³-hybridized carbons (Fsp3) is 0.414. The second kappa shape index (κ2) is 11.4. The van der Waals surface area contributed by atoms with Gasteiger partial charge in [-0.05, 0) is 48.4 Å². The summed E-state index contributed by atoms with van der Waals surface area (Å²) in [5.74, 6) is 2.68. The van der Waals surface area contributed by atoms with Crippen LogP contribution < -0.4 is 15.0 Å². The molecule has 2 atom stereocenters. The van der Waals surface area contributed by atoms with Crippen LogP contribution in [0.3, 0.4) is 0 Å². The average Bonchev–Trinajstić information content (AvgIpc) is 3.29. The Kier molecular flexibility index (Phi) is 7.95. The quantitative estimate of drug-likeness (QED) is 0.214. The summed E-state index contributed by atoms with van der Waals surface area (Å²) >= 11 is 2.84. The summed E-state index contributed by atoms with van der Waals surface area (Å²) in [5.41, 5.74) is 1.68. The molecule has 38 heavy (non-hydrogen) atoms. The van der Waals surface area contributed by atoms with E-state index in [1.807, 2.05) is 47.4 Å². The van der Waals surface area contributed by atoms with Gasteiger partial charge in [0.15, 0.2) is 16.7 Å². The van der Waals surface area contributed by atoms with Gasteiger partial charge in [0, 0.05) is 29.7 Å². The zero-order valence-electron chi connectivity index (χ0n) is 22.2. The maximum Gasteiger partial charge on any atom is 0.272 e. The third kappa shape index (κ3) is 5.40. The molecule has 1 aliphatic rings. The van der Waals surface area contributed by atoms with Crippen molar-refractivity contribution in [2.45, 2.75) is 38.4 Å². The first-order valence-corrected chi connectivity index (χ1v) is 14.7. The molecule has 1 saturated heterocycles. The lowest BCUT2D eigenvalue weighted by atomic mass is 9.92. The van der Waals surface area contributed by atoms with Crippen molar-refractivity contribution >= 4 is 49.3 Å². The molecule has 0 N–H and O–H groups in total. The Balaban J connectivity index is 1.46. The number of aromatic nitrogens is 2. The van der Waals surface area contributed by atoms with Gasteiger partial charge >= 0.3 is 0 Å². The van der Waals surface area contributed by atoms with E-state index >= 15 is 0 Å². The summed E-state index contributed by atoms with van der Waals surface area (Å²) in [7, 11) is 3.22. The first-order valence-electron chi connectivity index (χ1n) is 12.9. The third-order valence-corrected chi connectivity index (χ3v) is 9.17. The van der Waals surface area contributed by atoms with Crippen LogP contribution in [-0.2, 0) is 17.8 Å². The highest BCUT2D eigenvalue weighted by Gasteiger charge is 2.26. The lowest BCUT2D eigenvalue weighted by Crippen LogP contribution is -2.43. The van der Waals surface area contributed by atoms with E-state index in [1.165, 1.54) is 23.1 Å². The molecular formula is C29H33N3O4S2. The van der Waals surface area contributed by atoms with Gasteiger partial charge in [-0.3, -0.25) is 14.2 Å². The molecule has 0 radical (unpaired) electrons. The van der Waals surface area contributed by atoms with Crippen LogP contribution in [0.5, 0.6) is 11.5 Å². The molecule has 3 heterocycles. The fourth-order valence-electron chi connectivity index (χ4n) is 5.32. The van der Waals surface area contributed by atoms with Gasteiger partial charge in [0.25, 0.3) is 5.56 Å². The molecule has 0 spiro atoms. The number of aryl methyl sites for hydroxylation is 1. The van der Waals surface area contributed by atoms with Crippen molar-refractivity contribution in [3.05, 3.63) is 58.4 Å². The van der Waals surface area contributed by atoms with Crippen molar-refractivity contribution < 1.29 is 14.3 Å². The number of methoxy groups -OCH3 is 2. The number of nitrogens with zero attached hydrogens (tertiary/aromatic N) is 3. The summed E-state index contributed by atoms with van der Waals surface area (Å²) in [6.07, 6.45) is 1.76. The van der Waals surface area contributed by atoms with Crippen molar-refractivity contribution in [2.75, 3.05) is 33.1 Å². The number of benzene rings is 2. The number of hydrogen-bond donors (Lipinski definition) is 0. The Morgan fingerprint density at radius 1 is 1.08 bits per heavy atom. The fourth-order valence-corrected chi connectivity index (χ4v) is 7.33.